The third-order valence-electron chi connectivity index (χ3n) is 6.75. The van der Waals surface area contributed by atoms with Crippen molar-refractivity contribution in [1.29, 1.82) is 0 Å². The van der Waals surface area contributed by atoms with Gasteiger partial charge < -0.3 is 61.6 Å². The predicted molar refractivity (Wildman–Crippen MR) is 194 cm³/mol. The Morgan fingerprint density at radius 2 is 0.434 bits per heavy atom. The minimum absolute atomic E-state index is 0.425. The summed E-state index contributed by atoms with van der Waals surface area (Å²) in [6.45, 7) is 11.5. The number of benzene rings is 2. The number of hydrogen-bond acceptors (Lipinski definition) is 15. The maximum absolute atomic E-state index is 10.6. The molecule has 0 fully saturated rings. The molecule has 0 saturated heterocycles. The third-order valence-corrected chi connectivity index (χ3v) is 6.75. The molecule has 2 aromatic carbocycles. The Morgan fingerprint density at radius 1 is 0.264 bits per heavy atom. The van der Waals surface area contributed by atoms with Crippen molar-refractivity contribution in [1.82, 2.24) is 0 Å². The summed E-state index contributed by atoms with van der Waals surface area (Å²) in [5.74, 6) is 1.40. The standard InChI is InChI=1S/C38H58O15/c39-33-35-1-5-37(6-2-35)52-31-29-50-27-25-48-23-21-46-19-17-44-15-13-42-11-9-41-10-12-43-14-16-45-18-20-47-22-24-49-26-28-51-30-32-53-38-7-3-36(34-40)4-8-38/h1-8,33-34H,9-32H2. The normalized spacial score (nSPS) is 11.2. The van der Waals surface area contributed by atoms with E-state index in [-0.39, 0.29) is 0 Å². The molecular formula is C38H58O15. The van der Waals surface area contributed by atoms with Gasteiger partial charge in [-0.25, -0.2) is 0 Å². The topological polar surface area (TPSA) is 154 Å². The second-order valence-electron chi connectivity index (χ2n) is 10.8. The van der Waals surface area contributed by atoms with Gasteiger partial charge in [-0.05, 0) is 48.5 Å². The number of carbonyl (C=O) groups excluding carboxylic acids is 2. The minimum Gasteiger partial charge on any atom is -0.491 e. The third kappa shape index (κ3) is 29.0. The van der Waals surface area contributed by atoms with E-state index in [1.54, 1.807) is 48.5 Å². The molecule has 53 heavy (non-hydrogen) atoms. The molecule has 0 saturated carbocycles. The van der Waals surface area contributed by atoms with Crippen molar-refractivity contribution in [2.24, 2.45) is 0 Å². The van der Waals surface area contributed by atoms with Gasteiger partial charge in [0, 0.05) is 11.1 Å². The van der Waals surface area contributed by atoms with E-state index in [0.29, 0.717) is 181 Å². The quantitative estimate of drug-likeness (QED) is 0.0723. The summed E-state index contributed by atoms with van der Waals surface area (Å²) in [5.41, 5.74) is 1.23. The van der Waals surface area contributed by atoms with E-state index in [1.807, 2.05) is 0 Å². The van der Waals surface area contributed by atoms with Crippen molar-refractivity contribution in [3.8, 4) is 11.5 Å². The van der Waals surface area contributed by atoms with Crippen LogP contribution < -0.4 is 9.47 Å². The molecule has 0 aromatic heterocycles. The molecule has 0 amide bonds. The van der Waals surface area contributed by atoms with Crippen LogP contribution in [0, 0.1) is 0 Å². The zero-order valence-corrected chi connectivity index (χ0v) is 30.9. The Balaban J connectivity index is 1.14. The lowest BCUT2D eigenvalue weighted by molar-refractivity contribution is -0.0279. The fourth-order valence-corrected chi connectivity index (χ4v) is 4.02. The Labute approximate surface area is 313 Å². The Kier molecular flexibility index (Phi) is 31.3. The van der Waals surface area contributed by atoms with E-state index in [4.69, 9.17) is 61.6 Å². The van der Waals surface area contributed by atoms with Crippen LogP contribution in [0.3, 0.4) is 0 Å². The molecule has 2 rings (SSSR count). The molecule has 0 atom stereocenters. The van der Waals surface area contributed by atoms with Crippen LogP contribution in [0.4, 0.5) is 0 Å². The number of ether oxygens (including phenoxy) is 13. The second kappa shape index (κ2) is 35.9. The van der Waals surface area contributed by atoms with E-state index in [0.717, 1.165) is 12.6 Å². The van der Waals surface area contributed by atoms with Crippen LogP contribution >= 0.6 is 0 Å². The van der Waals surface area contributed by atoms with E-state index in [2.05, 4.69) is 0 Å². The molecule has 0 heterocycles. The summed E-state index contributed by atoms with van der Waals surface area (Å²) in [5, 5.41) is 0. The van der Waals surface area contributed by atoms with Gasteiger partial charge >= 0.3 is 0 Å². The van der Waals surface area contributed by atoms with Crippen LogP contribution in [0.2, 0.25) is 0 Å². The Morgan fingerprint density at radius 3 is 0.604 bits per heavy atom. The van der Waals surface area contributed by atoms with E-state index in [9.17, 15) is 9.59 Å². The van der Waals surface area contributed by atoms with Gasteiger partial charge in [-0.3, -0.25) is 9.59 Å². The molecule has 15 nitrogen and oxygen atoms in total. The molecule has 300 valence electrons. The van der Waals surface area contributed by atoms with Gasteiger partial charge in [0.15, 0.2) is 0 Å². The number of carbonyl (C=O) groups is 2. The van der Waals surface area contributed by atoms with Crippen molar-refractivity contribution in [3.05, 3.63) is 59.7 Å². The highest BCUT2D eigenvalue weighted by molar-refractivity contribution is 5.75. The Hall–Kier alpha value is -3.06. The van der Waals surface area contributed by atoms with Crippen molar-refractivity contribution < 1.29 is 71.2 Å². The zero-order valence-electron chi connectivity index (χ0n) is 30.9. The van der Waals surface area contributed by atoms with Gasteiger partial charge in [0.05, 0.1) is 145 Å². The van der Waals surface area contributed by atoms with Crippen molar-refractivity contribution in [2.45, 2.75) is 0 Å². The summed E-state index contributed by atoms with van der Waals surface area (Å²) in [4.78, 5) is 21.3. The fraction of sp³-hybridized carbons (Fsp3) is 0.632. The van der Waals surface area contributed by atoms with Gasteiger partial charge in [0.2, 0.25) is 0 Å². The smallest absolute Gasteiger partial charge is 0.150 e. The number of hydrogen-bond donors (Lipinski definition) is 0. The van der Waals surface area contributed by atoms with Gasteiger partial charge in [-0.1, -0.05) is 0 Å². The number of aldehydes is 2. The summed E-state index contributed by atoms with van der Waals surface area (Å²) < 4.78 is 71.3. The molecule has 2 aromatic rings. The summed E-state index contributed by atoms with van der Waals surface area (Å²) in [6.07, 6.45) is 1.59. The lowest BCUT2D eigenvalue weighted by Gasteiger charge is -2.09. The minimum atomic E-state index is 0.425. The van der Waals surface area contributed by atoms with Gasteiger partial charge in [0.1, 0.15) is 37.3 Å². The molecule has 0 bridgehead atoms. The van der Waals surface area contributed by atoms with Crippen LogP contribution in [0.5, 0.6) is 11.5 Å². The molecule has 0 aliphatic heterocycles. The monoisotopic (exact) mass is 754 g/mol. The molecule has 0 spiro atoms. The van der Waals surface area contributed by atoms with Crippen molar-refractivity contribution in [3.63, 3.8) is 0 Å². The first-order valence-electron chi connectivity index (χ1n) is 18.0. The predicted octanol–water partition coefficient (Wildman–Crippen LogP) is 2.95. The van der Waals surface area contributed by atoms with Gasteiger partial charge in [-0.2, -0.15) is 0 Å². The van der Waals surface area contributed by atoms with E-state index in [1.165, 1.54) is 0 Å². The van der Waals surface area contributed by atoms with Crippen molar-refractivity contribution in [2.75, 3.05) is 159 Å². The van der Waals surface area contributed by atoms with E-state index < -0.39 is 0 Å². The zero-order chi connectivity index (χ0) is 37.5. The molecule has 0 N–H and O–H groups in total. The highest BCUT2D eigenvalue weighted by atomic mass is 16.6. The maximum atomic E-state index is 10.6. The lowest BCUT2D eigenvalue weighted by atomic mass is 10.2. The number of rotatable bonds is 40. The first kappa shape index (κ1) is 46.1. The molecule has 0 aliphatic carbocycles. The van der Waals surface area contributed by atoms with Crippen LogP contribution in [0.25, 0.3) is 0 Å². The van der Waals surface area contributed by atoms with Crippen LogP contribution in [0.1, 0.15) is 20.7 Å². The van der Waals surface area contributed by atoms with Gasteiger partial charge in [-0.15, -0.1) is 0 Å². The SMILES string of the molecule is O=Cc1ccc(OCCOCCOCCOCCOCCOCCOCCOCCOCCOCCOCCOCCOc2ccc(C=O)cc2)cc1. The molecular weight excluding hydrogens is 696 g/mol. The van der Waals surface area contributed by atoms with Crippen LogP contribution in [0.15, 0.2) is 48.5 Å². The first-order chi connectivity index (χ1) is 26.3. The molecule has 0 unspecified atom stereocenters. The average molecular weight is 755 g/mol. The fourth-order valence-electron chi connectivity index (χ4n) is 4.02. The maximum Gasteiger partial charge on any atom is 0.150 e. The summed E-state index contributed by atoms with van der Waals surface area (Å²) >= 11 is 0. The second-order valence-corrected chi connectivity index (χ2v) is 10.8. The molecule has 15 heteroatoms. The summed E-state index contributed by atoms with van der Waals surface area (Å²) in [6, 6.07) is 13.8. The first-order valence-corrected chi connectivity index (χ1v) is 18.0. The summed E-state index contributed by atoms with van der Waals surface area (Å²) in [7, 11) is 0. The highest BCUT2D eigenvalue weighted by Crippen LogP contribution is 2.11. The van der Waals surface area contributed by atoms with Crippen LogP contribution in [-0.2, 0) is 52.1 Å². The highest BCUT2D eigenvalue weighted by Gasteiger charge is 1.99. The molecule has 0 radical (unpaired) electrons. The Bertz CT molecular complexity index is 1000. The van der Waals surface area contributed by atoms with Crippen molar-refractivity contribution >= 4 is 12.6 Å². The van der Waals surface area contributed by atoms with E-state index >= 15 is 0 Å². The lowest BCUT2D eigenvalue weighted by Crippen LogP contribution is -2.15. The van der Waals surface area contributed by atoms with Gasteiger partial charge in [0.25, 0.3) is 0 Å². The average Bonchev–Trinajstić information content (AvgIpc) is 3.19. The largest absolute Gasteiger partial charge is 0.491 e. The molecule has 0 aliphatic rings. The van der Waals surface area contributed by atoms with Crippen LogP contribution in [-0.4, -0.2) is 171 Å².